The van der Waals surface area contributed by atoms with Crippen LogP contribution in [0.3, 0.4) is 0 Å². The SMILES string of the molecule is C/C=C\C(=C/C)ONC. The molecular weight excluding hydrogens is 114 g/mol. The first-order chi connectivity index (χ1) is 4.35. The average molecular weight is 127 g/mol. The third kappa shape index (κ3) is 3.79. The largest absolute Gasteiger partial charge is 0.409 e. The van der Waals surface area contributed by atoms with Gasteiger partial charge in [-0.2, -0.15) is 5.48 Å². The molecule has 0 heterocycles. The van der Waals surface area contributed by atoms with Crippen molar-refractivity contribution in [2.75, 3.05) is 7.05 Å². The van der Waals surface area contributed by atoms with Crippen molar-refractivity contribution in [1.29, 1.82) is 0 Å². The minimum atomic E-state index is 0.833. The van der Waals surface area contributed by atoms with Gasteiger partial charge in [0.25, 0.3) is 0 Å². The monoisotopic (exact) mass is 127 g/mol. The van der Waals surface area contributed by atoms with Gasteiger partial charge < -0.3 is 4.84 Å². The van der Waals surface area contributed by atoms with E-state index in [1.165, 1.54) is 0 Å². The molecule has 0 fully saturated rings. The van der Waals surface area contributed by atoms with Gasteiger partial charge >= 0.3 is 0 Å². The highest BCUT2D eigenvalue weighted by Crippen LogP contribution is 1.94. The van der Waals surface area contributed by atoms with Crippen LogP contribution in [0.25, 0.3) is 0 Å². The molecule has 52 valence electrons. The van der Waals surface area contributed by atoms with E-state index in [0.29, 0.717) is 0 Å². The van der Waals surface area contributed by atoms with E-state index in [4.69, 9.17) is 4.84 Å². The van der Waals surface area contributed by atoms with E-state index in [2.05, 4.69) is 5.48 Å². The van der Waals surface area contributed by atoms with Crippen molar-refractivity contribution < 1.29 is 4.84 Å². The van der Waals surface area contributed by atoms with Crippen molar-refractivity contribution in [3.05, 3.63) is 24.0 Å². The van der Waals surface area contributed by atoms with Gasteiger partial charge in [-0.05, 0) is 26.0 Å². The Hall–Kier alpha value is -0.760. The van der Waals surface area contributed by atoms with Crippen molar-refractivity contribution in [3.8, 4) is 0 Å². The van der Waals surface area contributed by atoms with Gasteiger partial charge in [-0.15, -0.1) is 0 Å². The number of hydrogen-bond donors (Lipinski definition) is 1. The lowest BCUT2D eigenvalue weighted by Crippen LogP contribution is -2.05. The number of rotatable bonds is 3. The highest BCUT2D eigenvalue weighted by Gasteiger charge is 1.84. The van der Waals surface area contributed by atoms with E-state index in [1.54, 1.807) is 7.05 Å². The van der Waals surface area contributed by atoms with Crippen molar-refractivity contribution in [2.45, 2.75) is 13.8 Å². The summed E-state index contributed by atoms with van der Waals surface area (Å²) in [5.41, 5.74) is 2.58. The Morgan fingerprint density at radius 3 is 2.44 bits per heavy atom. The second-order valence-corrected chi connectivity index (χ2v) is 1.50. The lowest BCUT2D eigenvalue weighted by Gasteiger charge is -2.00. The van der Waals surface area contributed by atoms with Gasteiger partial charge in [-0.1, -0.05) is 6.08 Å². The normalized spacial score (nSPS) is 12.6. The molecule has 0 saturated carbocycles. The van der Waals surface area contributed by atoms with Crippen molar-refractivity contribution in [2.24, 2.45) is 0 Å². The van der Waals surface area contributed by atoms with E-state index in [9.17, 15) is 0 Å². The first kappa shape index (κ1) is 8.24. The Kier molecular flexibility index (Phi) is 4.92. The van der Waals surface area contributed by atoms with E-state index in [0.717, 1.165) is 5.76 Å². The van der Waals surface area contributed by atoms with Gasteiger partial charge in [-0.3, -0.25) is 0 Å². The highest BCUT2D eigenvalue weighted by molar-refractivity contribution is 5.09. The predicted octanol–water partition coefficient (Wildman–Crippen LogP) is 1.62. The molecule has 0 amide bonds. The third-order valence-corrected chi connectivity index (χ3v) is 0.835. The summed E-state index contributed by atoms with van der Waals surface area (Å²) in [6.45, 7) is 3.87. The molecule has 9 heavy (non-hydrogen) atoms. The molecule has 0 atom stereocenters. The molecule has 0 aliphatic heterocycles. The minimum absolute atomic E-state index is 0.833. The van der Waals surface area contributed by atoms with Crippen LogP contribution in [0.2, 0.25) is 0 Å². The summed E-state index contributed by atoms with van der Waals surface area (Å²) in [6.07, 6.45) is 5.69. The summed E-state index contributed by atoms with van der Waals surface area (Å²) in [5, 5.41) is 0. The predicted molar refractivity (Wildman–Crippen MR) is 38.7 cm³/mol. The van der Waals surface area contributed by atoms with Crippen molar-refractivity contribution in [3.63, 3.8) is 0 Å². The minimum Gasteiger partial charge on any atom is -0.409 e. The van der Waals surface area contributed by atoms with Crippen LogP contribution in [0.15, 0.2) is 24.0 Å². The molecule has 0 saturated heterocycles. The second kappa shape index (κ2) is 5.38. The highest BCUT2D eigenvalue weighted by atomic mass is 16.6. The Balaban J connectivity index is 3.70. The lowest BCUT2D eigenvalue weighted by atomic mass is 10.4. The van der Waals surface area contributed by atoms with Crippen LogP contribution >= 0.6 is 0 Å². The molecule has 0 bridgehead atoms. The van der Waals surface area contributed by atoms with E-state index in [1.807, 2.05) is 32.1 Å². The Labute approximate surface area is 56.2 Å². The Bertz CT molecular complexity index is 116. The van der Waals surface area contributed by atoms with Crippen molar-refractivity contribution in [1.82, 2.24) is 5.48 Å². The number of hydrogen-bond acceptors (Lipinski definition) is 2. The third-order valence-electron chi connectivity index (χ3n) is 0.835. The first-order valence-corrected chi connectivity index (χ1v) is 2.97. The second-order valence-electron chi connectivity index (χ2n) is 1.50. The maximum Gasteiger partial charge on any atom is 0.142 e. The van der Waals surface area contributed by atoms with Crippen LogP contribution in [0.5, 0.6) is 0 Å². The fourth-order valence-electron chi connectivity index (χ4n) is 0.471. The molecule has 1 N–H and O–H groups in total. The quantitative estimate of drug-likeness (QED) is 0.353. The van der Waals surface area contributed by atoms with E-state index in [-0.39, 0.29) is 0 Å². The molecule has 2 heteroatoms. The molecule has 2 nitrogen and oxygen atoms in total. The topological polar surface area (TPSA) is 21.3 Å². The van der Waals surface area contributed by atoms with Gasteiger partial charge in [0.2, 0.25) is 0 Å². The first-order valence-electron chi connectivity index (χ1n) is 2.97. The maximum absolute atomic E-state index is 4.96. The summed E-state index contributed by atoms with van der Waals surface area (Å²) >= 11 is 0. The molecule has 0 spiro atoms. The number of hydroxylamine groups is 1. The van der Waals surface area contributed by atoms with Crippen LogP contribution in [0.1, 0.15) is 13.8 Å². The van der Waals surface area contributed by atoms with Crippen LogP contribution in [0.4, 0.5) is 0 Å². The van der Waals surface area contributed by atoms with Gasteiger partial charge in [0, 0.05) is 7.05 Å². The van der Waals surface area contributed by atoms with E-state index < -0.39 is 0 Å². The molecule has 0 aromatic carbocycles. The molecule has 0 aromatic heterocycles. The smallest absolute Gasteiger partial charge is 0.142 e. The molecular formula is C7H13NO. The van der Waals surface area contributed by atoms with Gasteiger partial charge in [-0.25, -0.2) is 0 Å². The number of nitrogens with one attached hydrogen (secondary N) is 1. The van der Waals surface area contributed by atoms with E-state index >= 15 is 0 Å². The molecule has 0 radical (unpaired) electrons. The fraction of sp³-hybridized carbons (Fsp3) is 0.429. The van der Waals surface area contributed by atoms with Gasteiger partial charge in [0.05, 0.1) is 0 Å². The molecule has 0 aliphatic rings. The zero-order chi connectivity index (χ0) is 7.11. The Morgan fingerprint density at radius 1 is 1.44 bits per heavy atom. The zero-order valence-corrected chi connectivity index (χ0v) is 6.14. The zero-order valence-electron chi connectivity index (χ0n) is 6.14. The molecule has 0 rings (SSSR count). The maximum atomic E-state index is 4.96. The summed E-state index contributed by atoms with van der Waals surface area (Å²) in [6, 6.07) is 0. The van der Waals surface area contributed by atoms with Gasteiger partial charge in [0.1, 0.15) is 5.76 Å². The van der Waals surface area contributed by atoms with Crippen LogP contribution in [-0.2, 0) is 4.84 Å². The summed E-state index contributed by atoms with van der Waals surface area (Å²) < 4.78 is 0. The van der Waals surface area contributed by atoms with Crippen LogP contribution in [-0.4, -0.2) is 7.05 Å². The molecule has 0 aliphatic carbocycles. The van der Waals surface area contributed by atoms with Gasteiger partial charge in [0.15, 0.2) is 0 Å². The number of allylic oxidation sites excluding steroid dienone is 3. The van der Waals surface area contributed by atoms with Crippen LogP contribution in [0, 0.1) is 0 Å². The van der Waals surface area contributed by atoms with Crippen molar-refractivity contribution >= 4 is 0 Å². The summed E-state index contributed by atoms with van der Waals surface area (Å²) in [7, 11) is 1.73. The molecule has 0 unspecified atom stereocenters. The molecule has 0 aromatic rings. The Morgan fingerprint density at radius 2 is 2.11 bits per heavy atom. The standard InChI is InChI=1S/C7H13NO/c1-4-6-7(5-2)9-8-3/h4-6,8H,1-3H3/b6-4-,7-5+. The summed E-state index contributed by atoms with van der Waals surface area (Å²) in [4.78, 5) is 4.96. The lowest BCUT2D eigenvalue weighted by molar-refractivity contribution is 0.136. The van der Waals surface area contributed by atoms with Crippen LogP contribution < -0.4 is 5.48 Å². The fourth-order valence-corrected chi connectivity index (χ4v) is 0.471. The summed E-state index contributed by atoms with van der Waals surface area (Å²) in [5.74, 6) is 0.833. The average Bonchev–Trinajstić information content (AvgIpc) is 1.88.